The van der Waals surface area contributed by atoms with Crippen LogP contribution in [0.1, 0.15) is 5.69 Å². The van der Waals surface area contributed by atoms with Crippen LogP contribution in [0.2, 0.25) is 5.02 Å². The summed E-state index contributed by atoms with van der Waals surface area (Å²) in [6.07, 6.45) is 2.94. The first-order chi connectivity index (χ1) is 12.3. The van der Waals surface area contributed by atoms with Crippen molar-refractivity contribution in [2.75, 3.05) is 20.7 Å². The molecule has 8 nitrogen and oxygen atoms in total. The molecule has 138 valence electrons. The van der Waals surface area contributed by atoms with E-state index in [1.165, 1.54) is 38.6 Å². The molecular weight excluding hydrogens is 380 g/mol. The molecule has 26 heavy (non-hydrogen) atoms. The van der Waals surface area contributed by atoms with Gasteiger partial charge in [-0.05, 0) is 30.3 Å². The van der Waals surface area contributed by atoms with Crippen molar-refractivity contribution in [2.45, 2.75) is 4.90 Å². The highest BCUT2D eigenvalue weighted by atomic mass is 35.5. The molecule has 0 saturated carbocycles. The Bertz CT molecular complexity index is 904. The van der Waals surface area contributed by atoms with Crippen LogP contribution >= 0.6 is 11.6 Å². The van der Waals surface area contributed by atoms with Crippen LogP contribution in [-0.4, -0.2) is 50.5 Å². The van der Waals surface area contributed by atoms with Crippen molar-refractivity contribution in [3.8, 4) is 5.75 Å². The predicted molar refractivity (Wildman–Crippen MR) is 97.8 cm³/mol. The molecule has 0 aliphatic rings. The van der Waals surface area contributed by atoms with Gasteiger partial charge in [-0.2, -0.15) is 9.41 Å². The fraction of sp³-hybridized carbons (Fsp3) is 0.188. The van der Waals surface area contributed by atoms with E-state index in [1.54, 1.807) is 24.4 Å². The van der Waals surface area contributed by atoms with E-state index in [2.05, 4.69) is 15.5 Å². The minimum Gasteiger partial charge on any atom is -0.495 e. The Morgan fingerprint density at radius 3 is 2.77 bits per heavy atom. The van der Waals surface area contributed by atoms with Crippen LogP contribution in [0.4, 0.5) is 0 Å². The van der Waals surface area contributed by atoms with E-state index in [1.807, 2.05) is 0 Å². The molecule has 1 N–H and O–H groups in total. The zero-order valence-corrected chi connectivity index (χ0v) is 15.7. The second kappa shape index (κ2) is 8.75. The Balaban J connectivity index is 2.01. The largest absolute Gasteiger partial charge is 0.495 e. The number of nitrogens with one attached hydrogen (secondary N) is 1. The molecule has 0 fully saturated rings. The number of amides is 1. The van der Waals surface area contributed by atoms with Crippen molar-refractivity contribution >= 4 is 33.7 Å². The van der Waals surface area contributed by atoms with E-state index in [0.717, 1.165) is 4.31 Å². The predicted octanol–water partition coefficient (Wildman–Crippen LogP) is 1.51. The van der Waals surface area contributed by atoms with Gasteiger partial charge < -0.3 is 4.74 Å². The average Bonchev–Trinajstić information content (AvgIpc) is 2.62. The number of hydrogen-bond donors (Lipinski definition) is 1. The molecule has 1 amide bonds. The summed E-state index contributed by atoms with van der Waals surface area (Å²) in [5, 5.41) is 3.90. The molecule has 0 atom stereocenters. The number of aromatic nitrogens is 1. The fourth-order valence-electron chi connectivity index (χ4n) is 1.93. The van der Waals surface area contributed by atoms with Crippen molar-refractivity contribution < 1.29 is 17.9 Å². The van der Waals surface area contributed by atoms with Gasteiger partial charge in [0.25, 0.3) is 5.91 Å². The highest BCUT2D eigenvalue weighted by molar-refractivity contribution is 7.89. The normalized spacial score (nSPS) is 11.7. The Morgan fingerprint density at radius 1 is 1.38 bits per heavy atom. The first kappa shape index (κ1) is 19.8. The van der Waals surface area contributed by atoms with Gasteiger partial charge in [0.1, 0.15) is 5.75 Å². The molecule has 0 unspecified atom stereocenters. The number of rotatable bonds is 7. The maximum absolute atomic E-state index is 12.5. The standard InChI is InChI=1S/C16H17ClN4O4S/c1-21(11-16(22)20-19-10-12-5-3-4-8-18-12)26(23,24)13-6-7-15(25-2)14(17)9-13/h3-10H,11H2,1-2H3,(H,20,22)/b19-10-. The molecule has 0 spiro atoms. The minimum absolute atomic E-state index is 0.0458. The molecular formula is C16H17ClN4O4S. The van der Waals surface area contributed by atoms with Crippen molar-refractivity contribution in [1.29, 1.82) is 0 Å². The third-order valence-electron chi connectivity index (χ3n) is 3.27. The van der Waals surface area contributed by atoms with Crippen LogP contribution in [0.15, 0.2) is 52.6 Å². The molecule has 2 rings (SSSR count). The van der Waals surface area contributed by atoms with E-state index < -0.39 is 22.5 Å². The Kier molecular flexibility index (Phi) is 6.67. The number of carbonyl (C=O) groups excluding carboxylic acids is 1. The third kappa shape index (κ3) is 5.01. The van der Waals surface area contributed by atoms with Gasteiger partial charge in [0.05, 0.1) is 35.5 Å². The Morgan fingerprint density at radius 2 is 2.15 bits per heavy atom. The van der Waals surface area contributed by atoms with Gasteiger partial charge in [0.15, 0.2) is 0 Å². The Hall–Kier alpha value is -2.49. The first-order valence-corrected chi connectivity index (χ1v) is 9.19. The molecule has 2 aromatic rings. The summed E-state index contributed by atoms with van der Waals surface area (Å²) in [6.45, 7) is -0.411. The first-order valence-electron chi connectivity index (χ1n) is 7.37. The lowest BCUT2D eigenvalue weighted by Gasteiger charge is -2.16. The number of likely N-dealkylation sites (N-methyl/N-ethyl adjacent to an activating group) is 1. The summed E-state index contributed by atoms with van der Waals surface area (Å²) >= 11 is 5.96. The van der Waals surface area contributed by atoms with Gasteiger partial charge in [-0.1, -0.05) is 17.7 Å². The summed E-state index contributed by atoms with van der Waals surface area (Å²) in [6, 6.07) is 9.30. The van der Waals surface area contributed by atoms with Crippen molar-refractivity contribution in [2.24, 2.45) is 5.10 Å². The lowest BCUT2D eigenvalue weighted by atomic mass is 10.3. The van der Waals surface area contributed by atoms with Crippen LogP contribution in [-0.2, 0) is 14.8 Å². The number of halogens is 1. The third-order valence-corrected chi connectivity index (χ3v) is 5.37. The van der Waals surface area contributed by atoms with Gasteiger partial charge in [0, 0.05) is 13.2 Å². The summed E-state index contributed by atoms with van der Waals surface area (Å²) in [4.78, 5) is 15.9. The van der Waals surface area contributed by atoms with Crippen molar-refractivity contribution in [3.63, 3.8) is 0 Å². The van der Waals surface area contributed by atoms with Crippen molar-refractivity contribution in [3.05, 3.63) is 53.3 Å². The number of carbonyl (C=O) groups is 1. The quantitative estimate of drug-likeness (QED) is 0.564. The van der Waals surface area contributed by atoms with Gasteiger partial charge in [-0.15, -0.1) is 0 Å². The molecule has 0 radical (unpaired) electrons. The SMILES string of the molecule is COc1ccc(S(=O)(=O)N(C)CC(=O)N/N=C\c2ccccn2)cc1Cl. The minimum atomic E-state index is -3.89. The second-order valence-corrected chi connectivity index (χ2v) is 7.56. The van der Waals surface area contributed by atoms with Crippen LogP contribution in [0.3, 0.4) is 0 Å². The second-order valence-electron chi connectivity index (χ2n) is 5.11. The summed E-state index contributed by atoms with van der Waals surface area (Å²) < 4.78 is 30.9. The number of pyridine rings is 1. The average molecular weight is 397 g/mol. The summed E-state index contributed by atoms with van der Waals surface area (Å²) in [5.74, 6) is -0.238. The Labute approximate surface area is 156 Å². The van der Waals surface area contributed by atoms with Crippen molar-refractivity contribution in [1.82, 2.24) is 14.7 Å². The lowest BCUT2D eigenvalue weighted by molar-refractivity contribution is -0.121. The summed E-state index contributed by atoms with van der Waals surface area (Å²) in [7, 11) is -1.18. The number of nitrogens with zero attached hydrogens (tertiary/aromatic N) is 3. The van der Waals surface area contributed by atoms with Gasteiger partial charge in [-0.3, -0.25) is 9.78 Å². The zero-order chi connectivity index (χ0) is 19.2. The molecule has 1 heterocycles. The molecule has 1 aromatic heterocycles. The van der Waals surface area contributed by atoms with Gasteiger partial charge in [-0.25, -0.2) is 13.8 Å². The highest BCUT2D eigenvalue weighted by Gasteiger charge is 2.23. The van der Waals surface area contributed by atoms with Crippen LogP contribution in [0.5, 0.6) is 5.75 Å². The van der Waals surface area contributed by atoms with E-state index in [-0.39, 0.29) is 9.92 Å². The number of benzene rings is 1. The maximum atomic E-state index is 12.5. The van der Waals surface area contributed by atoms with Crippen LogP contribution in [0, 0.1) is 0 Å². The van der Waals surface area contributed by atoms with E-state index in [9.17, 15) is 13.2 Å². The monoisotopic (exact) mass is 396 g/mol. The van der Waals surface area contributed by atoms with E-state index >= 15 is 0 Å². The van der Waals surface area contributed by atoms with E-state index in [0.29, 0.717) is 11.4 Å². The van der Waals surface area contributed by atoms with E-state index in [4.69, 9.17) is 16.3 Å². The molecule has 0 aliphatic heterocycles. The molecule has 10 heteroatoms. The highest BCUT2D eigenvalue weighted by Crippen LogP contribution is 2.27. The molecule has 0 saturated heterocycles. The topological polar surface area (TPSA) is 101 Å². The zero-order valence-electron chi connectivity index (χ0n) is 14.1. The maximum Gasteiger partial charge on any atom is 0.255 e. The lowest BCUT2D eigenvalue weighted by Crippen LogP contribution is -2.36. The molecule has 1 aromatic carbocycles. The molecule has 0 aliphatic carbocycles. The van der Waals surface area contributed by atoms with Gasteiger partial charge >= 0.3 is 0 Å². The fourth-order valence-corrected chi connectivity index (χ4v) is 3.41. The number of ether oxygens (including phenoxy) is 1. The van der Waals surface area contributed by atoms with Gasteiger partial charge in [0.2, 0.25) is 10.0 Å². The summed E-state index contributed by atoms with van der Waals surface area (Å²) in [5.41, 5.74) is 2.81. The molecule has 0 bridgehead atoms. The van der Waals surface area contributed by atoms with Crippen LogP contribution in [0.25, 0.3) is 0 Å². The number of methoxy groups -OCH3 is 1. The number of hydrogen-bond acceptors (Lipinski definition) is 6. The number of sulfonamides is 1. The van der Waals surface area contributed by atoms with Crippen LogP contribution < -0.4 is 10.2 Å². The smallest absolute Gasteiger partial charge is 0.255 e. The number of hydrazone groups is 1.